The highest BCUT2D eigenvalue weighted by Gasteiger charge is 2.15. The first-order chi connectivity index (χ1) is 8.00. The Kier molecular flexibility index (Phi) is 5.11. The monoisotopic (exact) mass is 256 g/mol. The molecule has 0 spiro atoms. The quantitative estimate of drug-likeness (QED) is 0.691. The lowest BCUT2D eigenvalue weighted by molar-refractivity contribution is -0.140. The molecular weight excluding hydrogens is 240 g/mol. The second-order valence-corrected chi connectivity index (χ2v) is 4.78. The van der Waals surface area contributed by atoms with Crippen molar-refractivity contribution in [1.82, 2.24) is 5.32 Å². The molecule has 6 heteroatoms. The molecule has 17 heavy (non-hydrogen) atoms. The fraction of sp³-hybridized carbons (Fsp3) is 0.455. The van der Waals surface area contributed by atoms with Crippen LogP contribution in [-0.4, -0.2) is 29.6 Å². The van der Waals surface area contributed by atoms with Crippen molar-refractivity contribution in [3.8, 4) is 0 Å². The molecule has 4 N–H and O–H groups in total. The number of amides is 1. The average Bonchev–Trinajstić information content (AvgIpc) is 2.64. The molecule has 1 heterocycles. The molecule has 1 atom stereocenters. The Morgan fingerprint density at radius 2 is 2.29 bits per heavy atom. The fourth-order valence-corrected chi connectivity index (χ4v) is 2.25. The number of nitrogens with one attached hydrogen (secondary N) is 1. The number of hydrogen-bond acceptors (Lipinski definition) is 4. The Labute approximate surface area is 104 Å². The lowest BCUT2D eigenvalue weighted by Crippen LogP contribution is -2.37. The summed E-state index contributed by atoms with van der Waals surface area (Å²) in [6, 6.07) is 0.904. The lowest BCUT2D eigenvalue weighted by Gasteiger charge is -2.07. The van der Waals surface area contributed by atoms with Crippen LogP contribution in [0.2, 0.25) is 0 Å². The van der Waals surface area contributed by atoms with Gasteiger partial charge in [-0.15, -0.1) is 11.3 Å². The summed E-state index contributed by atoms with van der Waals surface area (Å²) in [5.41, 5.74) is 6.46. The van der Waals surface area contributed by atoms with Crippen molar-refractivity contribution in [1.29, 1.82) is 0 Å². The van der Waals surface area contributed by atoms with Gasteiger partial charge in [-0.2, -0.15) is 0 Å². The van der Waals surface area contributed by atoms with Gasteiger partial charge < -0.3 is 16.2 Å². The summed E-state index contributed by atoms with van der Waals surface area (Å²) >= 11 is 1.65. The second kappa shape index (κ2) is 6.36. The van der Waals surface area contributed by atoms with Gasteiger partial charge in [0.05, 0.1) is 6.42 Å². The highest BCUT2D eigenvalue weighted by atomic mass is 32.1. The molecule has 0 bridgehead atoms. The Bertz CT molecular complexity index is 403. The molecule has 1 aromatic heterocycles. The van der Waals surface area contributed by atoms with E-state index in [0.29, 0.717) is 6.54 Å². The molecule has 0 fully saturated rings. The van der Waals surface area contributed by atoms with Crippen molar-refractivity contribution in [2.75, 3.05) is 6.54 Å². The van der Waals surface area contributed by atoms with E-state index in [-0.39, 0.29) is 12.3 Å². The molecule has 1 amide bonds. The number of aryl methyl sites for hydroxylation is 1. The molecule has 0 aromatic carbocycles. The van der Waals surface area contributed by atoms with Gasteiger partial charge in [-0.05, 0) is 30.4 Å². The molecule has 0 aliphatic carbocycles. The van der Waals surface area contributed by atoms with Gasteiger partial charge in [0.15, 0.2) is 0 Å². The smallest absolute Gasteiger partial charge is 0.321 e. The van der Waals surface area contributed by atoms with Crippen LogP contribution >= 0.6 is 11.3 Å². The molecule has 0 saturated carbocycles. The van der Waals surface area contributed by atoms with Crippen LogP contribution in [0.3, 0.4) is 0 Å². The van der Waals surface area contributed by atoms with E-state index in [4.69, 9.17) is 10.8 Å². The summed E-state index contributed by atoms with van der Waals surface area (Å²) in [6.07, 6.45) is 0.580. The summed E-state index contributed by atoms with van der Waals surface area (Å²) in [5.74, 6) is -1.48. The predicted molar refractivity (Wildman–Crippen MR) is 66.0 cm³/mol. The van der Waals surface area contributed by atoms with Crippen LogP contribution in [0.4, 0.5) is 0 Å². The van der Waals surface area contributed by atoms with E-state index in [1.54, 1.807) is 11.3 Å². The maximum absolute atomic E-state index is 11.3. The number of thiophene rings is 1. The largest absolute Gasteiger partial charge is 0.480 e. The molecule has 1 unspecified atom stereocenters. The Morgan fingerprint density at radius 1 is 1.59 bits per heavy atom. The van der Waals surface area contributed by atoms with Crippen LogP contribution < -0.4 is 11.1 Å². The van der Waals surface area contributed by atoms with Crippen molar-refractivity contribution < 1.29 is 14.7 Å². The lowest BCUT2D eigenvalue weighted by atomic mass is 10.2. The van der Waals surface area contributed by atoms with Crippen LogP contribution in [0.1, 0.15) is 16.9 Å². The van der Waals surface area contributed by atoms with Crippen LogP contribution in [-0.2, 0) is 16.0 Å². The zero-order chi connectivity index (χ0) is 12.8. The van der Waals surface area contributed by atoms with Crippen molar-refractivity contribution in [2.45, 2.75) is 25.8 Å². The third-order valence-electron chi connectivity index (χ3n) is 2.36. The van der Waals surface area contributed by atoms with Crippen LogP contribution in [0.15, 0.2) is 11.4 Å². The molecule has 5 nitrogen and oxygen atoms in total. The molecule has 0 radical (unpaired) electrons. The van der Waals surface area contributed by atoms with Crippen molar-refractivity contribution in [3.63, 3.8) is 0 Å². The Hall–Kier alpha value is -1.40. The molecule has 1 rings (SSSR count). The number of carbonyl (C=O) groups excluding carboxylic acids is 1. The van der Waals surface area contributed by atoms with Crippen LogP contribution in [0.5, 0.6) is 0 Å². The number of hydrogen-bond donors (Lipinski definition) is 3. The number of carbonyl (C=O) groups is 2. The fourth-order valence-electron chi connectivity index (χ4n) is 1.33. The van der Waals surface area contributed by atoms with E-state index < -0.39 is 12.0 Å². The van der Waals surface area contributed by atoms with Crippen LogP contribution in [0.25, 0.3) is 0 Å². The van der Waals surface area contributed by atoms with Crippen LogP contribution in [0, 0.1) is 6.92 Å². The Morgan fingerprint density at radius 3 is 2.82 bits per heavy atom. The SMILES string of the molecule is Cc1ccsc1CCNC(=O)CC(N)C(=O)O. The molecule has 0 aliphatic heterocycles. The summed E-state index contributed by atoms with van der Waals surface area (Å²) < 4.78 is 0. The highest BCUT2D eigenvalue weighted by Crippen LogP contribution is 2.15. The van der Waals surface area contributed by atoms with E-state index in [2.05, 4.69) is 5.32 Å². The summed E-state index contributed by atoms with van der Waals surface area (Å²) in [6.45, 7) is 2.53. The van der Waals surface area contributed by atoms with Crippen molar-refractivity contribution >= 4 is 23.2 Å². The van der Waals surface area contributed by atoms with Gasteiger partial charge in [0.2, 0.25) is 5.91 Å². The maximum atomic E-state index is 11.3. The number of aliphatic carboxylic acids is 1. The number of carboxylic acids is 1. The second-order valence-electron chi connectivity index (χ2n) is 3.78. The summed E-state index contributed by atoms with van der Waals surface area (Å²) in [4.78, 5) is 23.0. The van der Waals surface area contributed by atoms with Crippen molar-refractivity contribution in [3.05, 3.63) is 21.9 Å². The number of carboxylic acid groups (broad SMARTS) is 1. The van der Waals surface area contributed by atoms with Gasteiger partial charge in [-0.3, -0.25) is 9.59 Å². The van der Waals surface area contributed by atoms with Gasteiger partial charge >= 0.3 is 5.97 Å². The average molecular weight is 256 g/mol. The molecule has 94 valence electrons. The summed E-state index contributed by atoms with van der Waals surface area (Å²) in [5, 5.41) is 13.2. The number of nitrogens with two attached hydrogens (primary N) is 1. The zero-order valence-electron chi connectivity index (χ0n) is 9.60. The van der Waals surface area contributed by atoms with E-state index in [1.807, 2.05) is 18.4 Å². The van der Waals surface area contributed by atoms with Crippen molar-refractivity contribution in [2.24, 2.45) is 5.73 Å². The van der Waals surface area contributed by atoms with E-state index in [0.717, 1.165) is 6.42 Å². The normalized spacial score (nSPS) is 12.1. The van der Waals surface area contributed by atoms with E-state index in [1.165, 1.54) is 10.4 Å². The zero-order valence-corrected chi connectivity index (χ0v) is 10.4. The Balaban J connectivity index is 2.25. The van der Waals surface area contributed by atoms with E-state index >= 15 is 0 Å². The first kappa shape index (κ1) is 13.7. The first-order valence-electron chi connectivity index (χ1n) is 5.28. The predicted octanol–water partition coefficient (Wildman–Crippen LogP) is 0.517. The van der Waals surface area contributed by atoms with Gasteiger partial charge in [0.1, 0.15) is 6.04 Å². The topological polar surface area (TPSA) is 92.4 Å². The highest BCUT2D eigenvalue weighted by molar-refractivity contribution is 7.10. The standard InChI is InChI=1S/C11H16N2O3S/c1-7-3-5-17-9(7)2-4-13-10(14)6-8(12)11(15)16/h3,5,8H,2,4,6,12H2,1H3,(H,13,14)(H,15,16). The molecule has 0 aliphatic rings. The first-order valence-corrected chi connectivity index (χ1v) is 6.16. The van der Waals surface area contributed by atoms with Gasteiger partial charge in [0, 0.05) is 11.4 Å². The molecule has 0 saturated heterocycles. The maximum Gasteiger partial charge on any atom is 0.321 e. The third-order valence-corrected chi connectivity index (χ3v) is 3.45. The summed E-state index contributed by atoms with van der Waals surface area (Å²) in [7, 11) is 0. The third kappa shape index (κ3) is 4.54. The number of rotatable bonds is 6. The molecule has 1 aromatic rings. The minimum absolute atomic E-state index is 0.182. The minimum Gasteiger partial charge on any atom is -0.480 e. The molecular formula is C11H16N2O3S. The van der Waals surface area contributed by atoms with Gasteiger partial charge in [-0.1, -0.05) is 0 Å². The van der Waals surface area contributed by atoms with E-state index in [9.17, 15) is 9.59 Å². The van der Waals surface area contributed by atoms with Gasteiger partial charge in [0.25, 0.3) is 0 Å². The van der Waals surface area contributed by atoms with Gasteiger partial charge in [-0.25, -0.2) is 0 Å². The minimum atomic E-state index is -1.16.